The molecule has 1 atom stereocenters. The Morgan fingerprint density at radius 1 is 0.870 bits per heavy atom. The molecule has 1 heterocycles. The quantitative estimate of drug-likeness (QED) is 0.0844. The van der Waals surface area contributed by atoms with Gasteiger partial charge in [-0.3, -0.25) is 0 Å². The Kier molecular flexibility index (Phi) is 17.0. The second-order valence-electron chi connectivity index (χ2n) is 11.1. The minimum Gasteiger partial charge on any atom is -0.493 e. The minimum absolute atomic E-state index is 0.0504. The highest BCUT2D eigenvalue weighted by atomic mass is 16.9. The molecule has 1 aliphatic heterocycles. The van der Waals surface area contributed by atoms with E-state index in [-0.39, 0.29) is 18.8 Å². The lowest BCUT2D eigenvalue weighted by molar-refractivity contribution is -0.757. The Balaban J connectivity index is 0.000000396. The van der Waals surface area contributed by atoms with Crippen LogP contribution in [0.25, 0.3) is 11.1 Å². The summed E-state index contributed by atoms with van der Waals surface area (Å²) >= 11 is 0. The van der Waals surface area contributed by atoms with Crippen molar-refractivity contribution in [3.63, 3.8) is 0 Å². The lowest BCUT2D eigenvalue weighted by atomic mass is 10.1. The second-order valence-corrected chi connectivity index (χ2v) is 11.1. The number of methoxy groups -OCH3 is 1. The number of aryl methyl sites for hydroxylation is 1. The molecule has 0 aromatic heterocycles. The van der Waals surface area contributed by atoms with Crippen molar-refractivity contribution in [3.05, 3.63) is 100 Å². The molecular formula is C36H48N2O8. The van der Waals surface area contributed by atoms with E-state index in [1.165, 1.54) is 11.1 Å². The minimum atomic E-state index is -0.782. The number of hydrogen-bond donors (Lipinski definition) is 0. The van der Waals surface area contributed by atoms with Gasteiger partial charge in [0.05, 0.1) is 39.1 Å². The smallest absolute Gasteiger partial charge is 0.409 e. The molecule has 0 saturated carbocycles. The molecule has 250 valence electrons. The van der Waals surface area contributed by atoms with Crippen molar-refractivity contribution in [2.45, 2.75) is 64.6 Å². The van der Waals surface area contributed by atoms with Gasteiger partial charge >= 0.3 is 6.09 Å². The molecule has 0 N–H and O–H groups in total. The van der Waals surface area contributed by atoms with Crippen LogP contribution in [0.3, 0.4) is 0 Å². The summed E-state index contributed by atoms with van der Waals surface area (Å²) in [5, 5.41) is 9.30. The van der Waals surface area contributed by atoms with Crippen molar-refractivity contribution in [1.82, 2.24) is 4.90 Å². The number of carbonyl (C=O) groups excluding carboxylic acids is 1. The summed E-state index contributed by atoms with van der Waals surface area (Å²) in [5.74, 6) is 0.827. The predicted molar refractivity (Wildman–Crippen MR) is 177 cm³/mol. The maximum atomic E-state index is 12.4. The lowest BCUT2D eigenvalue weighted by Crippen LogP contribution is -2.43. The number of amides is 1. The maximum Gasteiger partial charge on any atom is 0.409 e. The van der Waals surface area contributed by atoms with Gasteiger partial charge in [0.2, 0.25) is 0 Å². The van der Waals surface area contributed by atoms with Crippen LogP contribution >= 0.6 is 0 Å². The van der Waals surface area contributed by atoms with E-state index in [1.807, 2.05) is 37.3 Å². The van der Waals surface area contributed by atoms with Crippen molar-refractivity contribution in [3.8, 4) is 16.9 Å². The molecule has 10 heteroatoms. The Morgan fingerprint density at radius 2 is 1.54 bits per heavy atom. The number of rotatable bonds is 17. The third-order valence-corrected chi connectivity index (χ3v) is 7.43. The van der Waals surface area contributed by atoms with Crippen LogP contribution in [0.1, 0.15) is 56.1 Å². The lowest BCUT2D eigenvalue weighted by Gasteiger charge is -2.32. The SMILES string of the molecule is COCCCOc1cc(C)ccc1COC1CCCN(C(=O)OCCCCCCO[N+](=O)[O-])C1.c1ccc(-c2ccccc2)cc1. The summed E-state index contributed by atoms with van der Waals surface area (Å²) in [6, 6.07) is 26.9. The highest BCUT2D eigenvalue weighted by molar-refractivity contribution is 5.67. The largest absolute Gasteiger partial charge is 0.493 e. The Bertz CT molecular complexity index is 1240. The molecule has 0 radical (unpaired) electrons. The van der Waals surface area contributed by atoms with Crippen molar-refractivity contribution < 1.29 is 33.7 Å². The standard InChI is InChI=1S/C24H38N2O8.C12H10/c1-20-10-11-21(23(17-20)31-15-8-13-30-2)19-33-22-9-7-12-25(18-22)24(27)32-14-5-3-4-6-16-34-26(28)29;1-3-7-11(8-4-1)12-9-5-2-6-10-12/h10-11,17,22H,3-9,12-16,18-19H2,1-2H3;1-10H. The van der Waals surface area contributed by atoms with E-state index in [0.717, 1.165) is 55.4 Å². The van der Waals surface area contributed by atoms with Gasteiger partial charge in [0.15, 0.2) is 0 Å². The molecule has 0 spiro atoms. The van der Waals surface area contributed by atoms with E-state index in [9.17, 15) is 14.9 Å². The number of piperidine rings is 1. The van der Waals surface area contributed by atoms with Crippen molar-refractivity contribution in [2.24, 2.45) is 0 Å². The number of benzene rings is 3. The Labute approximate surface area is 272 Å². The average molecular weight is 637 g/mol. The molecule has 1 saturated heterocycles. The fourth-order valence-corrected chi connectivity index (χ4v) is 4.96. The van der Waals surface area contributed by atoms with Crippen LogP contribution in [0.5, 0.6) is 5.75 Å². The Morgan fingerprint density at radius 3 is 2.20 bits per heavy atom. The second kappa shape index (κ2) is 21.6. The van der Waals surface area contributed by atoms with Crippen LogP contribution in [0.4, 0.5) is 4.79 Å². The van der Waals surface area contributed by atoms with Gasteiger partial charge in [-0.05, 0) is 61.8 Å². The molecule has 3 aromatic rings. The van der Waals surface area contributed by atoms with Crippen molar-refractivity contribution in [1.29, 1.82) is 0 Å². The van der Waals surface area contributed by atoms with E-state index in [4.69, 9.17) is 18.9 Å². The van der Waals surface area contributed by atoms with Gasteiger partial charge < -0.3 is 28.7 Å². The van der Waals surface area contributed by atoms with Gasteiger partial charge in [0, 0.05) is 32.2 Å². The van der Waals surface area contributed by atoms with Gasteiger partial charge in [-0.2, -0.15) is 0 Å². The fourth-order valence-electron chi connectivity index (χ4n) is 4.96. The summed E-state index contributed by atoms with van der Waals surface area (Å²) in [5.41, 5.74) is 4.67. The van der Waals surface area contributed by atoms with E-state index < -0.39 is 5.09 Å². The summed E-state index contributed by atoms with van der Waals surface area (Å²) in [7, 11) is 1.68. The van der Waals surface area contributed by atoms with Crippen LogP contribution in [-0.2, 0) is 25.7 Å². The van der Waals surface area contributed by atoms with Crippen LogP contribution in [-0.4, -0.2) is 68.8 Å². The van der Waals surface area contributed by atoms with Crippen LogP contribution < -0.4 is 4.74 Å². The van der Waals surface area contributed by atoms with Gasteiger partial charge in [-0.25, -0.2) is 4.79 Å². The molecule has 10 nitrogen and oxygen atoms in total. The molecule has 46 heavy (non-hydrogen) atoms. The first-order chi connectivity index (χ1) is 22.5. The van der Waals surface area contributed by atoms with Gasteiger partial charge in [-0.15, -0.1) is 10.1 Å². The summed E-state index contributed by atoms with van der Waals surface area (Å²) < 4.78 is 22.5. The van der Waals surface area contributed by atoms with E-state index in [1.54, 1.807) is 12.0 Å². The zero-order valence-electron chi connectivity index (χ0n) is 27.1. The molecule has 1 aliphatic rings. The highest BCUT2D eigenvalue weighted by Crippen LogP contribution is 2.24. The zero-order valence-corrected chi connectivity index (χ0v) is 27.1. The molecule has 3 aromatic carbocycles. The normalized spacial score (nSPS) is 14.1. The predicted octanol–water partition coefficient (Wildman–Crippen LogP) is 7.65. The molecule has 1 amide bonds. The average Bonchev–Trinajstić information content (AvgIpc) is 3.08. The summed E-state index contributed by atoms with van der Waals surface area (Å²) in [6.45, 7) is 5.30. The van der Waals surface area contributed by atoms with Crippen LogP contribution in [0.2, 0.25) is 0 Å². The van der Waals surface area contributed by atoms with Gasteiger partial charge in [-0.1, -0.05) is 79.2 Å². The molecule has 0 bridgehead atoms. The van der Waals surface area contributed by atoms with Gasteiger partial charge in [0.25, 0.3) is 5.09 Å². The number of hydrogen-bond acceptors (Lipinski definition) is 8. The molecule has 0 aliphatic carbocycles. The van der Waals surface area contributed by atoms with E-state index in [0.29, 0.717) is 45.9 Å². The monoisotopic (exact) mass is 636 g/mol. The van der Waals surface area contributed by atoms with Crippen molar-refractivity contribution >= 4 is 6.09 Å². The first kappa shape index (κ1) is 36.3. The van der Waals surface area contributed by atoms with E-state index in [2.05, 4.69) is 53.4 Å². The maximum absolute atomic E-state index is 12.4. The topological polar surface area (TPSA) is 110 Å². The van der Waals surface area contributed by atoms with Crippen LogP contribution in [0, 0.1) is 17.0 Å². The number of likely N-dealkylation sites (tertiary alicyclic amines) is 1. The number of carbonyl (C=O) groups is 1. The molecule has 4 rings (SSSR count). The fraction of sp³-hybridized carbons (Fsp3) is 0.472. The highest BCUT2D eigenvalue weighted by Gasteiger charge is 2.25. The zero-order chi connectivity index (χ0) is 32.8. The molecular weight excluding hydrogens is 588 g/mol. The number of ether oxygens (including phenoxy) is 4. The van der Waals surface area contributed by atoms with Crippen LogP contribution in [0.15, 0.2) is 78.9 Å². The van der Waals surface area contributed by atoms with Gasteiger partial charge in [0.1, 0.15) is 5.75 Å². The third-order valence-electron chi connectivity index (χ3n) is 7.43. The summed E-state index contributed by atoms with van der Waals surface area (Å²) in [4.78, 5) is 28.5. The number of nitrogens with zero attached hydrogens (tertiary/aromatic N) is 2. The first-order valence-electron chi connectivity index (χ1n) is 16.1. The molecule has 1 unspecified atom stereocenters. The first-order valence-corrected chi connectivity index (χ1v) is 16.1. The third kappa shape index (κ3) is 14.3. The van der Waals surface area contributed by atoms with E-state index >= 15 is 0 Å². The number of unbranched alkanes of at least 4 members (excludes halogenated alkanes) is 3. The molecule has 1 fully saturated rings. The summed E-state index contributed by atoms with van der Waals surface area (Å²) in [6.07, 6.45) is 5.17. The Hall–Kier alpha value is -4.15. The van der Waals surface area contributed by atoms with Crippen molar-refractivity contribution in [2.75, 3.05) is 46.6 Å².